The number of amides is 1. The van der Waals surface area contributed by atoms with Crippen LogP contribution >= 0.6 is 0 Å². The van der Waals surface area contributed by atoms with E-state index in [2.05, 4.69) is 15.6 Å². The van der Waals surface area contributed by atoms with E-state index in [-0.39, 0.29) is 11.9 Å². The molecule has 1 amide bonds. The molecule has 4 nitrogen and oxygen atoms in total. The Morgan fingerprint density at radius 1 is 1.33 bits per heavy atom. The van der Waals surface area contributed by atoms with Crippen LogP contribution in [0.15, 0.2) is 36.5 Å². The van der Waals surface area contributed by atoms with E-state index in [4.69, 9.17) is 0 Å². The second kappa shape index (κ2) is 4.74. The minimum absolute atomic E-state index is 0.0118. The molecule has 1 fully saturated rings. The predicted octanol–water partition coefficient (Wildman–Crippen LogP) is 1.33. The lowest BCUT2D eigenvalue weighted by atomic mass is 10.1. The van der Waals surface area contributed by atoms with Crippen LogP contribution < -0.4 is 10.6 Å². The second-order valence-corrected chi connectivity index (χ2v) is 4.54. The van der Waals surface area contributed by atoms with Gasteiger partial charge in [-0.3, -0.25) is 9.78 Å². The van der Waals surface area contributed by atoms with Crippen LogP contribution in [0.3, 0.4) is 0 Å². The number of fused-ring (bicyclic) bond motifs is 1. The van der Waals surface area contributed by atoms with Crippen molar-refractivity contribution in [2.24, 2.45) is 0 Å². The molecule has 1 aliphatic heterocycles. The van der Waals surface area contributed by atoms with Crippen molar-refractivity contribution in [3.63, 3.8) is 0 Å². The molecular formula is C14H15N3O. The van der Waals surface area contributed by atoms with Gasteiger partial charge in [-0.25, -0.2) is 0 Å². The third kappa shape index (κ3) is 2.07. The Kier molecular flexibility index (Phi) is 2.94. The van der Waals surface area contributed by atoms with Crippen LogP contribution in [0.1, 0.15) is 16.8 Å². The van der Waals surface area contributed by atoms with E-state index >= 15 is 0 Å². The summed E-state index contributed by atoms with van der Waals surface area (Å²) >= 11 is 0. The molecule has 1 saturated heterocycles. The fourth-order valence-corrected chi connectivity index (χ4v) is 2.34. The molecule has 1 aliphatic rings. The highest BCUT2D eigenvalue weighted by Crippen LogP contribution is 2.16. The van der Waals surface area contributed by atoms with Crippen LogP contribution in [0.25, 0.3) is 10.9 Å². The first-order valence-electron chi connectivity index (χ1n) is 6.20. The van der Waals surface area contributed by atoms with Crippen LogP contribution in [-0.2, 0) is 0 Å². The standard InChI is InChI=1S/C14H15N3O/c18-14(17-10-6-8-15-9-10)12-3-1-5-13-11(12)4-2-7-16-13/h1-5,7,10,15H,6,8-9H2,(H,17,18)/t10-/m1/s1. The number of pyridine rings is 1. The minimum atomic E-state index is -0.0118. The first kappa shape index (κ1) is 11.2. The van der Waals surface area contributed by atoms with Crippen molar-refractivity contribution in [2.45, 2.75) is 12.5 Å². The van der Waals surface area contributed by atoms with Crippen LogP contribution in [0.2, 0.25) is 0 Å². The van der Waals surface area contributed by atoms with Gasteiger partial charge in [-0.1, -0.05) is 12.1 Å². The topological polar surface area (TPSA) is 54.0 Å². The van der Waals surface area contributed by atoms with Gasteiger partial charge in [0.25, 0.3) is 5.91 Å². The molecule has 0 bridgehead atoms. The number of benzene rings is 1. The highest BCUT2D eigenvalue weighted by molar-refractivity contribution is 6.06. The zero-order valence-electron chi connectivity index (χ0n) is 10.0. The molecule has 2 N–H and O–H groups in total. The molecule has 0 unspecified atom stereocenters. The largest absolute Gasteiger partial charge is 0.348 e. The predicted molar refractivity (Wildman–Crippen MR) is 70.5 cm³/mol. The summed E-state index contributed by atoms with van der Waals surface area (Å²) in [5, 5.41) is 7.20. The number of hydrogen-bond donors (Lipinski definition) is 2. The van der Waals surface area contributed by atoms with Crippen molar-refractivity contribution in [2.75, 3.05) is 13.1 Å². The number of carbonyl (C=O) groups is 1. The first-order valence-corrected chi connectivity index (χ1v) is 6.20. The van der Waals surface area contributed by atoms with Crippen LogP contribution in [0.4, 0.5) is 0 Å². The van der Waals surface area contributed by atoms with E-state index in [9.17, 15) is 4.79 Å². The summed E-state index contributed by atoms with van der Waals surface area (Å²) in [5.41, 5.74) is 1.56. The number of aromatic nitrogens is 1. The summed E-state index contributed by atoms with van der Waals surface area (Å²) in [6, 6.07) is 9.67. The molecule has 2 aromatic rings. The van der Waals surface area contributed by atoms with Crippen molar-refractivity contribution >= 4 is 16.8 Å². The van der Waals surface area contributed by atoms with E-state index < -0.39 is 0 Å². The Labute approximate surface area is 105 Å². The Bertz CT molecular complexity index is 571. The zero-order valence-corrected chi connectivity index (χ0v) is 10.0. The molecule has 2 heterocycles. The molecule has 3 rings (SSSR count). The van der Waals surface area contributed by atoms with Gasteiger partial charge in [-0.15, -0.1) is 0 Å². The monoisotopic (exact) mass is 241 g/mol. The lowest BCUT2D eigenvalue weighted by molar-refractivity contribution is 0.0941. The maximum atomic E-state index is 12.2. The SMILES string of the molecule is O=C(N[C@@H]1CCNC1)c1cccc2ncccc12. The lowest BCUT2D eigenvalue weighted by Crippen LogP contribution is -2.36. The molecule has 0 spiro atoms. The maximum Gasteiger partial charge on any atom is 0.252 e. The summed E-state index contributed by atoms with van der Waals surface area (Å²) in [6.45, 7) is 1.83. The summed E-state index contributed by atoms with van der Waals surface area (Å²) in [5.74, 6) is -0.0118. The maximum absolute atomic E-state index is 12.2. The van der Waals surface area contributed by atoms with Gasteiger partial charge >= 0.3 is 0 Å². The molecule has 92 valence electrons. The van der Waals surface area contributed by atoms with Crippen molar-refractivity contribution < 1.29 is 4.79 Å². The third-order valence-corrected chi connectivity index (χ3v) is 3.29. The number of carbonyl (C=O) groups excluding carboxylic acids is 1. The average Bonchev–Trinajstić information content (AvgIpc) is 2.91. The molecule has 1 atom stereocenters. The number of rotatable bonds is 2. The summed E-state index contributed by atoms with van der Waals surface area (Å²) < 4.78 is 0. The minimum Gasteiger partial charge on any atom is -0.348 e. The summed E-state index contributed by atoms with van der Waals surface area (Å²) in [7, 11) is 0. The van der Waals surface area contributed by atoms with E-state index in [1.807, 2.05) is 30.3 Å². The number of nitrogens with zero attached hydrogens (tertiary/aromatic N) is 1. The fraction of sp³-hybridized carbons (Fsp3) is 0.286. The second-order valence-electron chi connectivity index (χ2n) is 4.54. The van der Waals surface area contributed by atoms with E-state index in [0.29, 0.717) is 5.56 Å². The molecular weight excluding hydrogens is 226 g/mol. The van der Waals surface area contributed by atoms with Gasteiger partial charge in [0, 0.05) is 29.7 Å². The average molecular weight is 241 g/mol. The van der Waals surface area contributed by atoms with Crippen molar-refractivity contribution in [1.29, 1.82) is 0 Å². The van der Waals surface area contributed by atoms with Gasteiger partial charge in [-0.2, -0.15) is 0 Å². The van der Waals surface area contributed by atoms with Gasteiger partial charge in [0.2, 0.25) is 0 Å². The molecule has 18 heavy (non-hydrogen) atoms. The van der Waals surface area contributed by atoms with Crippen LogP contribution in [0, 0.1) is 0 Å². The molecule has 0 saturated carbocycles. The molecule has 1 aromatic heterocycles. The van der Waals surface area contributed by atoms with Gasteiger partial charge < -0.3 is 10.6 Å². The molecule has 0 aliphatic carbocycles. The van der Waals surface area contributed by atoms with Crippen molar-refractivity contribution in [3.05, 3.63) is 42.1 Å². The Morgan fingerprint density at radius 3 is 3.11 bits per heavy atom. The Morgan fingerprint density at radius 2 is 2.28 bits per heavy atom. The smallest absolute Gasteiger partial charge is 0.252 e. The van der Waals surface area contributed by atoms with Crippen molar-refractivity contribution in [1.82, 2.24) is 15.6 Å². The summed E-state index contributed by atoms with van der Waals surface area (Å²) in [6.07, 6.45) is 2.74. The number of nitrogens with one attached hydrogen (secondary N) is 2. The van der Waals surface area contributed by atoms with E-state index in [1.165, 1.54) is 0 Å². The Balaban J connectivity index is 1.91. The van der Waals surface area contributed by atoms with E-state index in [1.54, 1.807) is 6.20 Å². The van der Waals surface area contributed by atoms with E-state index in [0.717, 1.165) is 30.4 Å². The quantitative estimate of drug-likeness (QED) is 0.834. The van der Waals surface area contributed by atoms with Gasteiger partial charge in [0.1, 0.15) is 0 Å². The van der Waals surface area contributed by atoms with Gasteiger partial charge in [0.05, 0.1) is 5.52 Å². The van der Waals surface area contributed by atoms with Crippen LogP contribution in [-0.4, -0.2) is 30.0 Å². The highest BCUT2D eigenvalue weighted by Gasteiger charge is 2.18. The molecule has 1 aromatic carbocycles. The fourth-order valence-electron chi connectivity index (χ4n) is 2.34. The number of hydrogen-bond acceptors (Lipinski definition) is 3. The lowest BCUT2D eigenvalue weighted by Gasteiger charge is -2.12. The third-order valence-electron chi connectivity index (χ3n) is 3.29. The zero-order chi connectivity index (χ0) is 12.4. The first-order chi connectivity index (χ1) is 8.84. The normalized spacial score (nSPS) is 19.0. The molecule has 4 heteroatoms. The van der Waals surface area contributed by atoms with Crippen molar-refractivity contribution in [3.8, 4) is 0 Å². The van der Waals surface area contributed by atoms with Crippen LogP contribution in [0.5, 0.6) is 0 Å². The van der Waals surface area contributed by atoms with Gasteiger partial charge in [-0.05, 0) is 31.2 Å². The summed E-state index contributed by atoms with van der Waals surface area (Å²) in [4.78, 5) is 16.5. The highest BCUT2D eigenvalue weighted by atomic mass is 16.1. The molecule has 0 radical (unpaired) electrons. The Hall–Kier alpha value is -1.94. The van der Waals surface area contributed by atoms with Gasteiger partial charge in [0.15, 0.2) is 0 Å².